The summed E-state index contributed by atoms with van der Waals surface area (Å²) in [6.45, 7) is 1.24. The van der Waals surface area contributed by atoms with Gasteiger partial charge in [-0.15, -0.1) is 11.3 Å². The number of carbonyl (C=O) groups excluding carboxylic acids is 1. The van der Waals surface area contributed by atoms with Crippen molar-refractivity contribution in [3.8, 4) is 0 Å². The molecular formula is C10H13BrClNO2S. The molecule has 3 nitrogen and oxygen atoms in total. The largest absolute Gasteiger partial charge is 0.384 e. The molecule has 1 unspecified atom stereocenters. The minimum Gasteiger partial charge on any atom is -0.384 e. The van der Waals surface area contributed by atoms with Gasteiger partial charge in [0.05, 0.1) is 11.6 Å². The molecule has 1 aromatic rings. The van der Waals surface area contributed by atoms with Gasteiger partial charge in [-0.3, -0.25) is 4.79 Å². The summed E-state index contributed by atoms with van der Waals surface area (Å²) in [5, 5.41) is 5.13. The van der Waals surface area contributed by atoms with E-state index in [1.165, 1.54) is 11.3 Å². The molecule has 0 aliphatic carbocycles. The molecular weight excluding hydrogens is 314 g/mol. The van der Waals surface area contributed by atoms with Gasteiger partial charge in [-0.05, 0) is 17.9 Å². The predicted molar refractivity (Wildman–Crippen MR) is 70.9 cm³/mol. The molecule has 1 aromatic heterocycles. The molecule has 1 rings (SSSR count). The van der Waals surface area contributed by atoms with Crippen molar-refractivity contribution in [2.24, 2.45) is 0 Å². The fourth-order valence-corrected chi connectivity index (χ4v) is 2.69. The first-order valence-corrected chi connectivity index (χ1v) is 6.96. The van der Waals surface area contributed by atoms with Gasteiger partial charge >= 0.3 is 0 Å². The molecule has 1 heterocycles. The van der Waals surface area contributed by atoms with Crippen LogP contribution >= 0.6 is 38.9 Å². The zero-order valence-electron chi connectivity index (χ0n) is 8.83. The first kappa shape index (κ1) is 14.0. The number of rotatable bonds is 6. The van der Waals surface area contributed by atoms with E-state index in [-0.39, 0.29) is 10.7 Å². The standard InChI is InChI=1S/C10H13BrClNO2S/c1-15-6-7(11)2-4-13-10(14)9-8(12)3-5-16-9/h3,5,7H,2,4,6H2,1H3,(H,13,14). The second-order valence-corrected chi connectivity index (χ2v) is 5.81. The second-order valence-electron chi connectivity index (χ2n) is 3.19. The Morgan fingerprint density at radius 2 is 2.50 bits per heavy atom. The molecule has 0 bridgehead atoms. The smallest absolute Gasteiger partial charge is 0.262 e. The minimum absolute atomic E-state index is 0.114. The Labute approximate surface area is 112 Å². The van der Waals surface area contributed by atoms with Gasteiger partial charge in [-0.2, -0.15) is 0 Å². The van der Waals surface area contributed by atoms with Gasteiger partial charge in [-0.25, -0.2) is 0 Å². The third kappa shape index (κ3) is 4.41. The lowest BCUT2D eigenvalue weighted by molar-refractivity contribution is 0.0956. The monoisotopic (exact) mass is 325 g/mol. The van der Waals surface area contributed by atoms with E-state index in [1.54, 1.807) is 18.6 Å². The first-order valence-electron chi connectivity index (χ1n) is 4.79. The molecule has 0 spiro atoms. The summed E-state index contributed by atoms with van der Waals surface area (Å²) in [6.07, 6.45) is 0.822. The number of ether oxygens (including phenoxy) is 1. The van der Waals surface area contributed by atoms with Crippen molar-refractivity contribution < 1.29 is 9.53 Å². The minimum atomic E-state index is -0.114. The average molecular weight is 327 g/mol. The van der Waals surface area contributed by atoms with Crippen LogP contribution < -0.4 is 5.32 Å². The maximum Gasteiger partial charge on any atom is 0.262 e. The highest BCUT2D eigenvalue weighted by atomic mass is 79.9. The van der Waals surface area contributed by atoms with Crippen LogP contribution in [0.4, 0.5) is 0 Å². The Morgan fingerprint density at radius 1 is 1.75 bits per heavy atom. The van der Waals surface area contributed by atoms with Crippen LogP contribution in [0.15, 0.2) is 11.4 Å². The Hall–Kier alpha value is -0.100. The fraction of sp³-hybridized carbons (Fsp3) is 0.500. The molecule has 16 heavy (non-hydrogen) atoms. The molecule has 1 amide bonds. The zero-order valence-corrected chi connectivity index (χ0v) is 12.0. The number of amides is 1. The van der Waals surface area contributed by atoms with Gasteiger partial charge < -0.3 is 10.1 Å². The highest BCUT2D eigenvalue weighted by molar-refractivity contribution is 9.09. The maximum atomic E-state index is 11.6. The van der Waals surface area contributed by atoms with Crippen LogP contribution in [0.1, 0.15) is 16.1 Å². The summed E-state index contributed by atoms with van der Waals surface area (Å²) in [5.41, 5.74) is 0. The van der Waals surface area contributed by atoms with Gasteiger partial charge in [0.25, 0.3) is 5.91 Å². The van der Waals surface area contributed by atoms with E-state index in [0.717, 1.165) is 6.42 Å². The van der Waals surface area contributed by atoms with Crippen LogP contribution in [0.25, 0.3) is 0 Å². The predicted octanol–water partition coefficient (Wildman–Crippen LogP) is 2.93. The van der Waals surface area contributed by atoms with Crippen molar-refractivity contribution in [1.29, 1.82) is 0 Å². The second kappa shape index (κ2) is 7.27. The summed E-state index contributed by atoms with van der Waals surface area (Å²) in [7, 11) is 1.65. The molecule has 90 valence electrons. The van der Waals surface area contributed by atoms with E-state index in [1.807, 2.05) is 0 Å². The van der Waals surface area contributed by atoms with Crippen molar-refractivity contribution in [3.63, 3.8) is 0 Å². The van der Waals surface area contributed by atoms with E-state index >= 15 is 0 Å². The van der Waals surface area contributed by atoms with Crippen LogP contribution in [0, 0.1) is 0 Å². The van der Waals surface area contributed by atoms with Crippen molar-refractivity contribution in [3.05, 3.63) is 21.3 Å². The van der Waals surface area contributed by atoms with Crippen LogP contribution in [0.2, 0.25) is 5.02 Å². The molecule has 0 aromatic carbocycles. The number of carbonyl (C=O) groups is 1. The van der Waals surface area contributed by atoms with Gasteiger partial charge in [0, 0.05) is 18.5 Å². The molecule has 0 radical (unpaired) electrons. The van der Waals surface area contributed by atoms with E-state index in [2.05, 4.69) is 21.2 Å². The normalized spacial score (nSPS) is 12.4. The lowest BCUT2D eigenvalue weighted by atomic mass is 10.3. The highest BCUT2D eigenvalue weighted by Gasteiger charge is 2.11. The van der Waals surface area contributed by atoms with E-state index < -0.39 is 0 Å². The Morgan fingerprint density at radius 3 is 3.06 bits per heavy atom. The third-order valence-electron chi connectivity index (χ3n) is 1.91. The van der Waals surface area contributed by atoms with Crippen LogP contribution in [0.5, 0.6) is 0 Å². The van der Waals surface area contributed by atoms with Crippen LogP contribution in [0.3, 0.4) is 0 Å². The first-order chi connectivity index (χ1) is 7.65. The zero-order chi connectivity index (χ0) is 12.0. The van der Waals surface area contributed by atoms with Gasteiger partial charge in [0.1, 0.15) is 4.88 Å². The summed E-state index contributed by atoms with van der Waals surface area (Å²) < 4.78 is 4.97. The molecule has 6 heteroatoms. The van der Waals surface area contributed by atoms with Crippen molar-refractivity contribution >= 4 is 44.8 Å². The van der Waals surface area contributed by atoms with Gasteiger partial charge in [0.2, 0.25) is 0 Å². The quantitative estimate of drug-likeness (QED) is 0.816. The molecule has 0 saturated heterocycles. The summed E-state index contributed by atoms with van der Waals surface area (Å²) in [5.74, 6) is -0.114. The third-order valence-corrected chi connectivity index (χ3v) is 3.98. The van der Waals surface area contributed by atoms with Crippen molar-refractivity contribution in [1.82, 2.24) is 5.32 Å². The average Bonchev–Trinajstić information content (AvgIpc) is 2.64. The topological polar surface area (TPSA) is 38.3 Å². The van der Waals surface area contributed by atoms with E-state index in [9.17, 15) is 4.79 Å². The lowest BCUT2D eigenvalue weighted by Gasteiger charge is -2.08. The maximum absolute atomic E-state index is 11.6. The molecule has 0 fully saturated rings. The highest BCUT2D eigenvalue weighted by Crippen LogP contribution is 2.21. The number of hydrogen-bond acceptors (Lipinski definition) is 3. The summed E-state index contributed by atoms with van der Waals surface area (Å²) in [6, 6.07) is 1.72. The van der Waals surface area contributed by atoms with Gasteiger partial charge in [-0.1, -0.05) is 27.5 Å². The van der Waals surface area contributed by atoms with E-state index in [0.29, 0.717) is 23.1 Å². The number of methoxy groups -OCH3 is 1. The van der Waals surface area contributed by atoms with E-state index in [4.69, 9.17) is 16.3 Å². The molecule has 1 N–H and O–H groups in total. The Balaban J connectivity index is 2.29. The fourth-order valence-electron chi connectivity index (χ4n) is 1.14. The molecule has 1 atom stereocenters. The SMILES string of the molecule is COCC(Br)CCNC(=O)c1sccc1Cl. The Bertz CT molecular complexity index is 345. The number of alkyl halides is 1. The number of nitrogens with one attached hydrogen (secondary N) is 1. The number of thiophene rings is 1. The lowest BCUT2D eigenvalue weighted by Crippen LogP contribution is -2.26. The van der Waals surface area contributed by atoms with Crippen molar-refractivity contribution in [2.75, 3.05) is 20.3 Å². The van der Waals surface area contributed by atoms with Crippen LogP contribution in [-0.4, -0.2) is 31.0 Å². The molecule has 0 aliphatic rings. The molecule has 0 saturated carbocycles. The van der Waals surface area contributed by atoms with Crippen LogP contribution in [-0.2, 0) is 4.74 Å². The number of halogens is 2. The molecule has 0 aliphatic heterocycles. The van der Waals surface area contributed by atoms with Crippen molar-refractivity contribution in [2.45, 2.75) is 11.2 Å². The summed E-state index contributed by atoms with van der Waals surface area (Å²) in [4.78, 5) is 12.5. The summed E-state index contributed by atoms with van der Waals surface area (Å²) >= 11 is 10.6. The Kier molecular flexibility index (Phi) is 6.34. The number of hydrogen-bond donors (Lipinski definition) is 1. The van der Waals surface area contributed by atoms with Gasteiger partial charge in [0.15, 0.2) is 0 Å².